The van der Waals surface area contributed by atoms with Crippen LogP contribution in [0.15, 0.2) is 42.5 Å². The van der Waals surface area contributed by atoms with Crippen LogP contribution in [0.3, 0.4) is 0 Å². The van der Waals surface area contributed by atoms with Gasteiger partial charge >= 0.3 is 5.97 Å². The molecule has 0 bridgehead atoms. The highest BCUT2D eigenvalue weighted by atomic mass is 16.4. The second-order valence-corrected chi connectivity index (χ2v) is 6.27. The van der Waals surface area contributed by atoms with Crippen LogP contribution in [0.1, 0.15) is 31.2 Å². The molecule has 1 amide bonds. The van der Waals surface area contributed by atoms with Crippen molar-refractivity contribution in [1.29, 1.82) is 0 Å². The van der Waals surface area contributed by atoms with Gasteiger partial charge < -0.3 is 10.4 Å². The van der Waals surface area contributed by atoms with Crippen molar-refractivity contribution in [3.8, 4) is 0 Å². The molecule has 0 saturated heterocycles. The predicted molar refractivity (Wildman–Crippen MR) is 89.2 cm³/mol. The second-order valence-electron chi connectivity index (χ2n) is 6.27. The lowest BCUT2D eigenvalue weighted by Gasteiger charge is -2.26. The molecule has 120 valence electrons. The lowest BCUT2D eigenvalue weighted by atomic mass is 9.86. The van der Waals surface area contributed by atoms with E-state index in [1.807, 2.05) is 42.5 Å². The summed E-state index contributed by atoms with van der Waals surface area (Å²) in [5.41, 5.74) is 1.03. The number of carbonyl (C=O) groups excluding carboxylic acids is 1. The Morgan fingerprint density at radius 3 is 2.43 bits per heavy atom. The maximum atomic E-state index is 12.3. The van der Waals surface area contributed by atoms with E-state index in [1.165, 1.54) is 0 Å². The first kappa shape index (κ1) is 15.5. The van der Waals surface area contributed by atoms with Gasteiger partial charge in [-0.3, -0.25) is 9.59 Å². The van der Waals surface area contributed by atoms with Crippen molar-refractivity contribution < 1.29 is 14.7 Å². The van der Waals surface area contributed by atoms with Crippen molar-refractivity contribution in [2.45, 2.75) is 38.1 Å². The molecule has 1 aliphatic carbocycles. The quantitative estimate of drug-likeness (QED) is 0.911. The predicted octanol–water partition coefficient (Wildman–Crippen LogP) is 3.14. The highest BCUT2D eigenvalue weighted by molar-refractivity contribution is 5.90. The molecule has 0 aliphatic heterocycles. The molecule has 0 aromatic heterocycles. The summed E-state index contributed by atoms with van der Waals surface area (Å²) in [5, 5.41) is 14.3. The summed E-state index contributed by atoms with van der Waals surface area (Å²) in [4.78, 5) is 23.3. The van der Waals surface area contributed by atoms with Gasteiger partial charge in [0.1, 0.15) is 0 Å². The Bertz CT molecular complexity index is 712. The first-order valence-electron chi connectivity index (χ1n) is 8.12. The van der Waals surface area contributed by atoms with Crippen molar-refractivity contribution in [3.05, 3.63) is 48.0 Å². The summed E-state index contributed by atoms with van der Waals surface area (Å²) >= 11 is 0. The average Bonchev–Trinajstić information content (AvgIpc) is 2.55. The fourth-order valence-electron chi connectivity index (χ4n) is 3.38. The molecule has 2 aromatic rings. The van der Waals surface area contributed by atoms with Gasteiger partial charge in [-0.2, -0.15) is 0 Å². The Hall–Kier alpha value is -2.36. The number of amides is 1. The number of carboxylic acids is 1. The molecule has 0 radical (unpaired) electrons. The fraction of sp³-hybridized carbons (Fsp3) is 0.368. The maximum Gasteiger partial charge on any atom is 0.306 e. The molecule has 1 fully saturated rings. The molecular weight excluding hydrogens is 290 g/mol. The molecule has 0 spiro atoms. The van der Waals surface area contributed by atoms with Gasteiger partial charge in [-0.25, -0.2) is 0 Å². The molecule has 3 rings (SSSR count). The monoisotopic (exact) mass is 311 g/mol. The van der Waals surface area contributed by atoms with Crippen LogP contribution in [-0.2, 0) is 16.0 Å². The number of nitrogens with one attached hydrogen (secondary N) is 1. The molecule has 1 aliphatic rings. The van der Waals surface area contributed by atoms with E-state index in [2.05, 4.69) is 5.32 Å². The summed E-state index contributed by atoms with van der Waals surface area (Å²) in [6.07, 6.45) is 3.15. The smallest absolute Gasteiger partial charge is 0.306 e. The molecule has 2 aromatic carbocycles. The Morgan fingerprint density at radius 2 is 1.70 bits per heavy atom. The molecule has 0 heterocycles. The van der Waals surface area contributed by atoms with Crippen molar-refractivity contribution in [2.75, 3.05) is 0 Å². The van der Waals surface area contributed by atoms with E-state index < -0.39 is 5.97 Å². The van der Waals surface area contributed by atoms with Crippen LogP contribution in [-0.4, -0.2) is 23.0 Å². The van der Waals surface area contributed by atoms with Crippen LogP contribution in [0.4, 0.5) is 0 Å². The zero-order valence-corrected chi connectivity index (χ0v) is 13.0. The molecule has 4 nitrogen and oxygen atoms in total. The number of hydrogen-bond acceptors (Lipinski definition) is 2. The zero-order valence-electron chi connectivity index (χ0n) is 13.0. The fourth-order valence-corrected chi connectivity index (χ4v) is 3.38. The van der Waals surface area contributed by atoms with E-state index in [1.54, 1.807) is 0 Å². The van der Waals surface area contributed by atoms with Crippen LogP contribution < -0.4 is 5.32 Å². The third-order valence-electron chi connectivity index (χ3n) is 4.67. The van der Waals surface area contributed by atoms with E-state index in [9.17, 15) is 9.59 Å². The Kier molecular flexibility index (Phi) is 4.60. The lowest BCUT2D eigenvalue weighted by molar-refractivity contribution is -0.142. The Balaban J connectivity index is 1.60. The number of rotatable bonds is 4. The minimum atomic E-state index is -0.717. The topological polar surface area (TPSA) is 66.4 Å². The van der Waals surface area contributed by atoms with Gasteiger partial charge in [0.25, 0.3) is 0 Å². The first-order chi connectivity index (χ1) is 11.1. The lowest BCUT2D eigenvalue weighted by Crippen LogP contribution is -2.39. The van der Waals surface area contributed by atoms with Gasteiger partial charge in [0, 0.05) is 6.04 Å². The number of benzene rings is 2. The van der Waals surface area contributed by atoms with E-state index >= 15 is 0 Å². The zero-order chi connectivity index (χ0) is 16.2. The highest BCUT2D eigenvalue weighted by Crippen LogP contribution is 2.25. The molecule has 0 unspecified atom stereocenters. The summed E-state index contributed by atoms with van der Waals surface area (Å²) in [7, 11) is 0. The maximum absolute atomic E-state index is 12.3. The molecule has 23 heavy (non-hydrogen) atoms. The van der Waals surface area contributed by atoms with Gasteiger partial charge in [0.2, 0.25) is 5.91 Å². The van der Waals surface area contributed by atoms with E-state index in [-0.39, 0.29) is 17.9 Å². The van der Waals surface area contributed by atoms with Crippen LogP contribution in [0, 0.1) is 5.92 Å². The summed E-state index contributed by atoms with van der Waals surface area (Å²) in [6.45, 7) is 0. The van der Waals surface area contributed by atoms with Crippen molar-refractivity contribution in [3.63, 3.8) is 0 Å². The summed E-state index contributed by atoms with van der Waals surface area (Å²) < 4.78 is 0. The Labute approximate surface area is 135 Å². The Morgan fingerprint density at radius 1 is 1.00 bits per heavy atom. The minimum absolute atomic E-state index is 0.0140. The third kappa shape index (κ3) is 3.70. The number of carbonyl (C=O) groups is 2. The van der Waals surface area contributed by atoms with Crippen LogP contribution in [0.5, 0.6) is 0 Å². The number of aliphatic carboxylic acids is 1. The van der Waals surface area contributed by atoms with Crippen molar-refractivity contribution >= 4 is 22.6 Å². The summed E-state index contributed by atoms with van der Waals surface area (Å²) in [6, 6.07) is 14.2. The number of hydrogen-bond donors (Lipinski definition) is 2. The SMILES string of the molecule is O=C(Cc1cccc2ccccc12)NC1CCC(C(=O)O)CC1. The van der Waals surface area contributed by atoms with Gasteiger partial charge in [-0.15, -0.1) is 0 Å². The van der Waals surface area contributed by atoms with Crippen LogP contribution in [0.25, 0.3) is 10.8 Å². The molecular formula is C19H21NO3. The van der Waals surface area contributed by atoms with Gasteiger partial charge in [0.15, 0.2) is 0 Å². The molecule has 4 heteroatoms. The summed E-state index contributed by atoms with van der Waals surface area (Å²) in [5.74, 6) is -0.952. The largest absolute Gasteiger partial charge is 0.481 e. The van der Waals surface area contributed by atoms with E-state index in [0.29, 0.717) is 19.3 Å². The van der Waals surface area contributed by atoms with Crippen LogP contribution in [0.2, 0.25) is 0 Å². The normalized spacial score (nSPS) is 21.0. The number of fused-ring (bicyclic) bond motifs is 1. The first-order valence-corrected chi connectivity index (χ1v) is 8.12. The standard InChI is InChI=1S/C19H21NO3/c21-18(20-16-10-8-14(9-11-16)19(22)23)12-15-6-3-5-13-4-1-2-7-17(13)15/h1-7,14,16H,8-12H2,(H,20,21)(H,22,23). The number of carboxylic acid groups (broad SMARTS) is 1. The molecule has 0 atom stereocenters. The second kappa shape index (κ2) is 6.82. The average molecular weight is 311 g/mol. The minimum Gasteiger partial charge on any atom is -0.481 e. The van der Waals surface area contributed by atoms with Crippen molar-refractivity contribution in [1.82, 2.24) is 5.32 Å². The highest BCUT2D eigenvalue weighted by Gasteiger charge is 2.26. The van der Waals surface area contributed by atoms with Crippen molar-refractivity contribution in [2.24, 2.45) is 5.92 Å². The molecule has 2 N–H and O–H groups in total. The molecule has 1 saturated carbocycles. The van der Waals surface area contributed by atoms with Gasteiger partial charge in [0.05, 0.1) is 12.3 Å². The van der Waals surface area contributed by atoms with E-state index in [0.717, 1.165) is 29.2 Å². The van der Waals surface area contributed by atoms with E-state index in [4.69, 9.17) is 5.11 Å². The van der Waals surface area contributed by atoms with Gasteiger partial charge in [-0.05, 0) is 42.0 Å². The van der Waals surface area contributed by atoms with Gasteiger partial charge in [-0.1, -0.05) is 42.5 Å². The third-order valence-corrected chi connectivity index (χ3v) is 4.67. The van der Waals surface area contributed by atoms with Crippen LogP contribution >= 0.6 is 0 Å².